The van der Waals surface area contributed by atoms with E-state index in [1.807, 2.05) is 49.4 Å². The SMILES string of the molecule is COc1ccccc1NC(=O)c1ccc(NC(=O)c2cc(C)n(-c3ccccc3)n2)cc1. The van der Waals surface area contributed by atoms with Crippen molar-refractivity contribution < 1.29 is 14.3 Å². The summed E-state index contributed by atoms with van der Waals surface area (Å²) in [5.74, 6) is -0.0198. The van der Waals surface area contributed by atoms with Gasteiger partial charge in [-0.25, -0.2) is 4.68 Å². The normalized spacial score (nSPS) is 10.4. The van der Waals surface area contributed by atoms with Crippen LogP contribution in [-0.2, 0) is 0 Å². The van der Waals surface area contributed by atoms with Crippen molar-refractivity contribution in [1.29, 1.82) is 0 Å². The van der Waals surface area contributed by atoms with E-state index in [-0.39, 0.29) is 11.8 Å². The van der Waals surface area contributed by atoms with Crippen molar-refractivity contribution in [2.75, 3.05) is 17.7 Å². The molecule has 2 amide bonds. The second-order valence-electron chi connectivity index (χ2n) is 7.10. The molecule has 7 nitrogen and oxygen atoms in total. The third-order valence-electron chi connectivity index (χ3n) is 4.88. The number of hydrogen-bond acceptors (Lipinski definition) is 4. The van der Waals surface area contributed by atoms with E-state index in [2.05, 4.69) is 15.7 Å². The molecule has 160 valence electrons. The predicted octanol–water partition coefficient (Wildman–Crippen LogP) is 4.69. The van der Waals surface area contributed by atoms with E-state index in [1.54, 1.807) is 54.3 Å². The molecule has 0 saturated heterocycles. The minimum Gasteiger partial charge on any atom is -0.495 e. The molecule has 2 N–H and O–H groups in total. The molecule has 0 atom stereocenters. The molecule has 0 fully saturated rings. The summed E-state index contributed by atoms with van der Waals surface area (Å²) >= 11 is 0. The number of nitrogens with zero attached hydrogens (tertiary/aromatic N) is 2. The van der Waals surface area contributed by atoms with Gasteiger partial charge in [-0.3, -0.25) is 9.59 Å². The van der Waals surface area contributed by atoms with Crippen LogP contribution < -0.4 is 15.4 Å². The Kier molecular flexibility index (Phi) is 5.98. The van der Waals surface area contributed by atoms with Crippen molar-refractivity contribution in [3.63, 3.8) is 0 Å². The number of hydrogen-bond donors (Lipinski definition) is 2. The number of carbonyl (C=O) groups is 2. The number of nitrogens with one attached hydrogen (secondary N) is 2. The molecule has 7 heteroatoms. The number of rotatable bonds is 6. The molecule has 0 aliphatic carbocycles. The first-order valence-corrected chi connectivity index (χ1v) is 10.0. The maximum atomic E-state index is 12.7. The van der Waals surface area contributed by atoms with E-state index in [0.717, 1.165) is 11.4 Å². The van der Waals surface area contributed by atoms with Gasteiger partial charge in [-0.1, -0.05) is 30.3 Å². The molecule has 4 rings (SSSR count). The summed E-state index contributed by atoms with van der Waals surface area (Å²) in [5.41, 5.74) is 3.65. The Morgan fingerprint density at radius 1 is 0.844 bits per heavy atom. The Morgan fingerprint density at radius 3 is 2.25 bits per heavy atom. The molecule has 0 spiro atoms. The summed E-state index contributed by atoms with van der Waals surface area (Å²) in [6, 6.07) is 25.2. The van der Waals surface area contributed by atoms with Crippen molar-refractivity contribution in [3.8, 4) is 11.4 Å². The molecule has 3 aromatic carbocycles. The van der Waals surface area contributed by atoms with Crippen molar-refractivity contribution in [3.05, 3.63) is 102 Å². The van der Waals surface area contributed by atoms with Crippen LogP contribution in [0.4, 0.5) is 11.4 Å². The van der Waals surface area contributed by atoms with Gasteiger partial charge in [0.1, 0.15) is 5.75 Å². The Bertz CT molecular complexity index is 1250. The van der Waals surface area contributed by atoms with Gasteiger partial charge in [-0.2, -0.15) is 5.10 Å². The molecular formula is C25H22N4O3. The molecular weight excluding hydrogens is 404 g/mol. The zero-order valence-electron chi connectivity index (χ0n) is 17.7. The van der Waals surface area contributed by atoms with E-state index < -0.39 is 0 Å². The highest BCUT2D eigenvalue weighted by Gasteiger charge is 2.14. The van der Waals surface area contributed by atoms with Gasteiger partial charge in [0, 0.05) is 16.9 Å². The van der Waals surface area contributed by atoms with E-state index in [0.29, 0.717) is 28.4 Å². The lowest BCUT2D eigenvalue weighted by Gasteiger charge is -2.10. The van der Waals surface area contributed by atoms with E-state index in [1.165, 1.54) is 0 Å². The summed E-state index contributed by atoms with van der Waals surface area (Å²) in [4.78, 5) is 25.2. The largest absolute Gasteiger partial charge is 0.495 e. The van der Waals surface area contributed by atoms with Crippen LogP contribution in [0.5, 0.6) is 5.75 Å². The molecule has 1 aromatic heterocycles. The zero-order valence-corrected chi connectivity index (χ0v) is 17.7. The average Bonchev–Trinajstić information content (AvgIpc) is 3.22. The monoisotopic (exact) mass is 426 g/mol. The third kappa shape index (κ3) is 4.52. The van der Waals surface area contributed by atoms with E-state index in [4.69, 9.17) is 4.74 Å². The number of para-hydroxylation sites is 3. The van der Waals surface area contributed by atoms with Crippen molar-refractivity contribution in [2.24, 2.45) is 0 Å². The van der Waals surface area contributed by atoms with Crippen LogP contribution in [0, 0.1) is 6.92 Å². The molecule has 0 saturated carbocycles. The minimum atomic E-state index is -0.325. The fourth-order valence-electron chi connectivity index (χ4n) is 3.26. The number of aryl methyl sites for hydroxylation is 1. The molecule has 4 aromatic rings. The number of methoxy groups -OCH3 is 1. The van der Waals surface area contributed by atoms with Crippen molar-refractivity contribution in [2.45, 2.75) is 6.92 Å². The second-order valence-corrected chi connectivity index (χ2v) is 7.10. The van der Waals surface area contributed by atoms with Gasteiger partial charge < -0.3 is 15.4 Å². The Hall–Kier alpha value is -4.39. The zero-order chi connectivity index (χ0) is 22.5. The summed E-state index contributed by atoms with van der Waals surface area (Å²) in [7, 11) is 1.55. The minimum absolute atomic E-state index is 0.274. The summed E-state index contributed by atoms with van der Waals surface area (Å²) in [6.45, 7) is 1.89. The molecule has 0 bridgehead atoms. The van der Waals surface area contributed by atoms with Crippen LogP contribution in [0.1, 0.15) is 26.5 Å². The average molecular weight is 426 g/mol. The van der Waals surface area contributed by atoms with Crippen LogP contribution in [0.2, 0.25) is 0 Å². The smallest absolute Gasteiger partial charge is 0.276 e. The lowest BCUT2D eigenvalue weighted by Crippen LogP contribution is -2.14. The molecule has 0 aliphatic rings. The van der Waals surface area contributed by atoms with Gasteiger partial charge in [0.05, 0.1) is 18.5 Å². The van der Waals surface area contributed by atoms with E-state index >= 15 is 0 Å². The number of anilines is 2. The predicted molar refractivity (Wildman–Crippen MR) is 124 cm³/mol. The van der Waals surface area contributed by atoms with Gasteiger partial charge in [0.25, 0.3) is 11.8 Å². The fraction of sp³-hybridized carbons (Fsp3) is 0.0800. The Morgan fingerprint density at radius 2 is 1.53 bits per heavy atom. The second kappa shape index (κ2) is 9.18. The number of benzene rings is 3. The maximum Gasteiger partial charge on any atom is 0.276 e. The molecule has 32 heavy (non-hydrogen) atoms. The molecule has 1 heterocycles. The lowest BCUT2D eigenvalue weighted by atomic mass is 10.2. The van der Waals surface area contributed by atoms with Gasteiger partial charge >= 0.3 is 0 Å². The highest BCUT2D eigenvalue weighted by molar-refractivity contribution is 6.06. The summed E-state index contributed by atoms with van der Waals surface area (Å²) in [5, 5.41) is 10.1. The van der Waals surface area contributed by atoms with Crippen LogP contribution >= 0.6 is 0 Å². The first kappa shape index (κ1) is 20.9. The fourth-order valence-corrected chi connectivity index (χ4v) is 3.26. The van der Waals surface area contributed by atoms with Gasteiger partial charge in [-0.15, -0.1) is 0 Å². The van der Waals surface area contributed by atoms with Gasteiger partial charge in [-0.05, 0) is 61.5 Å². The summed E-state index contributed by atoms with van der Waals surface area (Å²) in [6.07, 6.45) is 0. The Labute approximate surface area is 185 Å². The number of aromatic nitrogens is 2. The third-order valence-corrected chi connectivity index (χ3v) is 4.88. The van der Waals surface area contributed by atoms with Gasteiger partial charge in [0.15, 0.2) is 5.69 Å². The first-order chi connectivity index (χ1) is 15.5. The molecule has 0 aliphatic heterocycles. The number of carbonyl (C=O) groups excluding carboxylic acids is 2. The maximum absolute atomic E-state index is 12.7. The highest BCUT2D eigenvalue weighted by Crippen LogP contribution is 2.24. The highest BCUT2D eigenvalue weighted by atomic mass is 16.5. The topological polar surface area (TPSA) is 85.3 Å². The van der Waals surface area contributed by atoms with Crippen LogP contribution in [-0.4, -0.2) is 28.7 Å². The van der Waals surface area contributed by atoms with Crippen molar-refractivity contribution >= 4 is 23.2 Å². The standard InChI is InChI=1S/C25H22N4O3/c1-17-16-22(28-29(17)20-8-4-3-5-9-20)25(31)26-19-14-12-18(13-15-19)24(30)27-21-10-6-7-11-23(21)32-2/h3-16H,1-2H3,(H,26,31)(H,27,30). The summed E-state index contributed by atoms with van der Waals surface area (Å²) < 4.78 is 6.98. The molecule has 0 unspecified atom stereocenters. The number of ether oxygens (including phenoxy) is 1. The first-order valence-electron chi connectivity index (χ1n) is 10.0. The number of amides is 2. The van der Waals surface area contributed by atoms with Gasteiger partial charge in [0.2, 0.25) is 0 Å². The van der Waals surface area contributed by atoms with Crippen LogP contribution in [0.15, 0.2) is 84.9 Å². The van der Waals surface area contributed by atoms with Crippen LogP contribution in [0.3, 0.4) is 0 Å². The molecule has 0 radical (unpaired) electrons. The quantitative estimate of drug-likeness (QED) is 0.468. The Balaban J connectivity index is 1.44. The lowest BCUT2D eigenvalue weighted by molar-refractivity contribution is 0.101. The van der Waals surface area contributed by atoms with E-state index in [9.17, 15) is 9.59 Å². The van der Waals surface area contributed by atoms with Crippen LogP contribution in [0.25, 0.3) is 5.69 Å². The van der Waals surface area contributed by atoms with Crippen molar-refractivity contribution in [1.82, 2.24) is 9.78 Å².